The van der Waals surface area contributed by atoms with Gasteiger partial charge in [-0.2, -0.15) is 0 Å². The van der Waals surface area contributed by atoms with Gasteiger partial charge in [-0.25, -0.2) is 0 Å². The van der Waals surface area contributed by atoms with E-state index in [9.17, 15) is 4.79 Å². The monoisotopic (exact) mass is 304 g/mol. The molecule has 22 heavy (non-hydrogen) atoms. The molecule has 0 radical (unpaired) electrons. The number of piperidine rings is 1. The second kappa shape index (κ2) is 7.14. The quantitative estimate of drug-likeness (QED) is 0.909. The van der Waals surface area contributed by atoms with Gasteiger partial charge in [-0.1, -0.05) is 32.9 Å². The highest BCUT2D eigenvalue weighted by Crippen LogP contribution is 2.24. The average Bonchev–Trinajstić information content (AvgIpc) is 2.47. The zero-order chi connectivity index (χ0) is 16.2. The van der Waals surface area contributed by atoms with Crippen LogP contribution in [0.5, 0.6) is 5.75 Å². The van der Waals surface area contributed by atoms with Crippen LogP contribution in [0, 0.1) is 5.92 Å². The maximum Gasteiger partial charge on any atom is 0.220 e. The minimum atomic E-state index is -0.158. The number of amides is 1. The first-order valence-electron chi connectivity index (χ1n) is 8.11. The van der Waals surface area contributed by atoms with Gasteiger partial charge in [-0.15, -0.1) is 0 Å². The number of ether oxygens (including phenoxy) is 1. The molecular formula is C18H28N2O2. The Morgan fingerprint density at radius 2 is 1.82 bits per heavy atom. The van der Waals surface area contributed by atoms with E-state index in [1.807, 2.05) is 12.1 Å². The summed E-state index contributed by atoms with van der Waals surface area (Å²) in [6.07, 6.45) is 1.74. The molecule has 2 rings (SSSR count). The predicted molar refractivity (Wildman–Crippen MR) is 89.0 cm³/mol. The lowest BCUT2D eigenvalue weighted by Crippen LogP contribution is -2.40. The van der Waals surface area contributed by atoms with E-state index in [4.69, 9.17) is 10.5 Å². The molecule has 1 heterocycles. The number of hydrogen-bond donors (Lipinski definition) is 1. The van der Waals surface area contributed by atoms with E-state index in [2.05, 4.69) is 37.8 Å². The van der Waals surface area contributed by atoms with Crippen molar-refractivity contribution in [2.75, 3.05) is 26.2 Å². The first-order chi connectivity index (χ1) is 10.4. The van der Waals surface area contributed by atoms with Crippen molar-refractivity contribution in [3.63, 3.8) is 0 Å². The molecule has 1 amide bonds. The largest absolute Gasteiger partial charge is 0.492 e. The Balaban J connectivity index is 1.72. The van der Waals surface area contributed by atoms with E-state index in [-0.39, 0.29) is 17.2 Å². The SMILES string of the molecule is CC(C)(C)c1ccc(OCCN2CCC(C(N)=O)CC2)cc1. The van der Waals surface area contributed by atoms with E-state index in [0.29, 0.717) is 6.61 Å². The molecule has 2 N–H and O–H groups in total. The van der Waals surface area contributed by atoms with Crippen LogP contribution < -0.4 is 10.5 Å². The van der Waals surface area contributed by atoms with Crippen molar-refractivity contribution in [1.29, 1.82) is 0 Å². The van der Waals surface area contributed by atoms with Crippen molar-refractivity contribution < 1.29 is 9.53 Å². The topological polar surface area (TPSA) is 55.6 Å². The van der Waals surface area contributed by atoms with Gasteiger partial charge >= 0.3 is 0 Å². The van der Waals surface area contributed by atoms with Gasteiger partial charge in [0.2, 0.25) is 5.91 Å². The molecule has 1 aliphatic rings. The summed E-state index contributed by atoms with van der Waals surface area (Å²) in [5.41, 5.74) is 6.83. The third kappa shape index (κ3) is 4.73. The lowest BCUT2D eigenvalue weighted by atomic mass is 9.87. The van der Waals surface area contributed by atoms with Crippen LogP contribution in [0.1, 0.15) is 39.2 Å². The van der Waals surface area contributed by atoms with Crippen molar-refractivity contribution in [2.24, 2.45) is 11.7 Å². The molecule has 1 saturated heterocycles. The molecule has 0 bridgehead atoms. The third-order valence-electron chi connectivity index (χ3n) is 4.39. The Hall–Kier alpha value is -1.55. The van der Waals surface area contributed by atoms with Gasteiger partial charge in [-0.3, -0.25) is 9.69 Å². The summed E-state index contributed by atoms with van der Waals surface area (Å²) in [6, 6.07) is 8.35. The summed E-state index contributed by atoms with van der Waals surface area (Å²) in [5, 5.41) is 0. The van der Waals surface area contributed by atoms with Crippen molar-refractivity contribution in [3.05, 3.63) is 29.8 Å². The number of carbonyl (C=O) groups is 1. The van der Waals surface area contributed by atoms with Crippen LogP contribution in [-0.4, -0.2) is 37.0 Å². The molecule has 1 aromatic rings. The highest BCUT2D eigenvalue weighted by Gasteiger charge is 2.22. The second-order valence-electron chi connectivity index (χ2n) is 7.14. The van der Waals surface area contributed by atoms with Crippen LogP contribution in [0.15, 0.2) is 24.3 Å². The Kier molecular flexibility index (Phi) is 5.46. The molecule has 0 saturated carbocycles. The Labute approximate surface area is 133 Å². The van der Waals surface area contributed by atoms with Gasteiger partial charge in [0.05, 0.1) is 0 Å². The van der Waals surface area contributed by atoms with E-state index < -0.39 is 0 Å². The number of nitrogens with zero attached hydrogens (tertiary/aromatic N) is 1. The number of carbonyl (C=O) groups excluding carboxylic acids is 1. The number of nitrogens with two attached hydrogens (primary N) is 1. The summed E-state index contributed by atoms with van der Waals surface area (Å²) in [6.45, 7) is 10.1. The van der Waals surface area contributed by atoms with E-state index in [1.165, 1.54) is 5.56 Å². The Bertz CT molecular complexity index is 483. The van der Waals surface area contributed by atoms with Gasteiger partial charge in [0, 0.05) is 12.5 Å². The van der Waals surface area contributed by atoms with Crippen LogP contribution in [0.4, 0.5) is 0 Å². The molecule has 4 nitrogen and oxygen atoms in total. The second-order valence-corrected chi connectivity index (χ2v) is 7.14. The summed E-state index contributed by atoms with van der Waals surface area (Å²) in [7, 11) is 0. The zero-order valence-corrected chi connectivity index (χ0v) is 14.0. The number of rotatable bonds is 5. The molecular weight excluding hydrogens is 276 g/mol. The van der Waals surface area contributed by atoms with E-state index in [0.717, 1.165) is 38.2 Å². The molecule has 1 aliphatic heterocycles. The fourth-order valence-corrected chi connectivity index (χ4v) is 2.78. The summed E-state index contributed by atoms with van der Waals surface area (Å²) in [5.74, 6) is 0.817. The van der Waals surface area contributed by atoms with Gasteiger partial charge < -0.3 is 10.5 Å². The van der Waals surface area contributed by atoms with E-state index >= 15 is 0 Å². The Morgan fingerprint density at radius 1 is 1.23 bits per heavy atom. The van der Waals surface area contributed by atoms with E-state index in [1.54, 1.807) is 0 Å². The molecule has 0 spiro atoms. The van der Waals surface area contributed by atoms with Gasteiger partial charge in [0.15, 0.2) is 0 Å². The molecule has 4 heteroatoms. The van der Waals surface area contributed by atoms with Gasteiger partial charge in [-0.05, 0) is 49.0 Å². The Morgan fingerprint density at radius 3 is 2.32 bits per heavy atom. The van der Waals surface area contributed by atoms with Crippen molar-refractivity contribution in [1.82, 2.24) is 4.90 Å². The number of likely N-dealkylation sites (tertiary alicyclic amines) is 1. The molecule has 122 valence electrons. The zero-order valence-electron chi connectivity index (χ0n) is 14.0. The molecule has 0 unspecified atom stereocenters. The minimum Gasteiger partial charge on any atom is -0.492 e. The summed E-state index contributed by atoms with van der Waals surface area (Å²) >= 11 is 0. The summed E-state index contributed by atoms with van der Waals surface area (Å²) < 4.78 is 5.82. The number of benzene rings is 1. The molecule has 0 aromatic heterocycles. The molecule has 1 fully saturated rings. The van der Waals surface area contributed by atoms with Crippen LogP contribution in [-0.2, 0) is 10.2 Å². The predicted octanol–water partition coefficient (Wildman–Crippen LogP) is 2.56. The molecule has 1 aromatic carbocycles. The standard InChI is InChI=1S/C18H28N2O2/c1-18(2,3)15-4-6-16(7-5-15)22-13-12-20-10-8-14(9-11-20)17(19)21/h4-7,14H,8-13H2,1-3H3,(H2,19,21). The third-order valence-corrected chi connectivity index (χ3v) is 4.39. The van der Waals surface area contributed by atoms with Gasteiger partial charge in [0.25, 0.3) is 0 Å². The smallest absolute Gasteiger partial charge is 0.220 e. The first kappa shape index (κ1) is 16.8. The number of primary amides is 1. The van der Waals surface area contributed by atoms with Gasteiger partial charge in [0.1, 0.15) is 12.4 Å². The van der Waals surface area contributed by atoms with Crippen LogP contribution in [0.25, 0.3) is 0 Å². The average molecular weight is 304 g/mol. The van der Waals surface area contributed by atoms with Crippen molar-refractivity contribution >= 4 is 5.91 Å². The maximum atomic E-state index is 11.1. The van der Waals surface area contributed by atoms with Crippen molar-refractivity contribution in [2.45, 2.75) is 39.0 Å². The normalized spacial score (nSPS) is 17.4. The number of hydrogen-bond acceptors (Lipinski definition) is 3. The highest BCUT2D eigenvalue weighted by atomic mass is 16.5. The minimum absolute atomic E-state index is 0.0575. The van der Waals surface area contributed by atoms with Crippen LogP contribution >= 0.6 is 0 Å². The molecule has 0 atom stereocenters. The van der Waals surface area contributed by atoms with Crippen LogP contribution in [0.3, 0.4) is 0 Å². The lowest BCUT2D eigenvalue weighted by Gasteiger charge is -2.30. The molecule has 0 aliphatic carbocycles. The fourth-order valence-electron chi connectivity index (χ4n) is 2.78. The maximum absolute atomic E-state index is 11.1. The fraction of sp³-hybridized carbons (Fsp3) is 0.611. The first-order valence-corrected chi connectivity index (χ1v) is 8.11. The van der Waals surface area contributed by atoms with Crippen LogP contribution in [0.2, 0.25) is 0 Å². The summed E-state index contributed by atoms with van der Waals surface area (Å²) in [4.78, 5) is 13.5. The lowest BCUT2D eigenvalue weighted by molar-refractivity contribution is -0.123. The van der Waals surface area contributed by atoms with Crippen molar-refractivity contribution in [3.8, 4) is 5.75 Å². The highest BCUT2D eigenvalue weighted by molar-refractivity contribution is 5.76.